The summed E-state index contributed by atoms with van der Waals surface area (Å²) in [4.78, 5) is 12.1. The van der Waals surface area contributed by atoms with Gasteiger partial charge >= 0.3 is 0 Å². The summed E-state index contributed by atoms with van der Waals surface area (Å²) in [5, 5.41) is 7.94. The van der Waals surface area contributed by atoms with Gasteiger partial charge in [0.25, 0.3) is 0 Å². The minimum absolute atomic E-state index is 0.0533. The van der Waals surface area contributed by atoms with E-state index in [2.05, 4.69) is 5.32 Å². The first-order valence-electron chi connectivity index (χ1n) is 7.79. The maximum absolute atomic E-state index is 12.0. The van der Waals surface area contributed by atoms with Gasteiger partial charge in [0.2, 0.25) is 15.9 Å². The van der Waals surface area contributed by atoms with Gasteiger partial charge in [-0.3, -0.25) is 4.79 Å². The van der Waals surface area contributed by atoms with Crippen molar-refractivity contribution in [1.82, 2.24) is 0 Å². The van der Waals surface area contributed by atoms with Crippen LogP contribution in [0.1, 0.15) is 50.5 Å². The molecule has 0 heterocycles. The van der Waals surface area contributed by atoms with Crippen molar-refractivity contribution < 1.29 is 13.2 Å². The number of nitrogens with one attached hydrogen (secondary N) is 1. The maximum Gasteiger partial charge on any atom is 0.238 e. The smallest absolute Gasteiger partial charge is 0.238 e. The minimum Gasteiger partial charge on any atom is -0.326 e. The van der Waals surface area contributed by atoms with E-state index in [1.54, 1.807) is 19.1 Å². The standard InChI is InChI=1S/C16H24N2O3S/c1-12-7-9-14(11-15(12)22(17,20)21)18-16(19)10-8-13-5-3-2-4-6-13/h7,9,11,13H,2-6,8,10H2,1H3,(H,18,19)(H2,17,20,21). The Morgan fingerprint density at radius 1 is 1.27 bits per heavy atom. The Hall–Kier alpha value is -1.40. The van der Waals surface area contributed by atoms with Gasteiger partial charge in [-0.1, -0.05) is 38.2 Å². The monoisotopic (exact) mass is 324 g/mol. The van der Waals surface area contributed by atoms with Crippen LogP contribution < -0.4 is 10.5 Å². The lowest BCUT2D eigenvalue weighted by molar-refractivity contribution is -0.116. The number of sulfonamides is 1. The highest BCUT2D eigenvalue weighted by molar-refractivity contribution is 7.89. The zero-order valence-corrected chi connectivity index (χ0v) is 13.8. The maximum atomic E-state index is 12.0. The first-order valence-corrected chi connectivity index (χ1v) is 9.34. The van der Waals surface area contributed by atoms with E-state index >= 15 is 0 Å². The van der Waals surface area contributed by atoms with Gasteiger partial charge in [-0.15, -0.1) is 0 Å². The summed E-state index contributed by atoms with van der Waals surface area (Å²) in [5.74, 6) is 0.576. The van der Waals surface area contributed by atoms with Crippen molar-refractivity contribution in [3.05, 3.63) is 23.8 Å². The van der Waals surface area contributed by atoms with Gasteiger partial charge in [0.15, 0.2) is 0 Å². The molecule has 0 atom stereocenters. The average molecular weight is 324 g/mol. The summed E-state index contributed by atoms with van der Waals surface area (Å²) in [6.07, 6.45) is 7.65. The molecular weight excluding hydrogens is 300 g/mol. The number of primary sulfonamides is 1. The molecule has 5 nitrogen and oxygen atoms in total. The van der Waals surface area contributed by atoms with E-state index in [0.717, 1.165) is 6.42 Å². The van der Waals surface area contributed by atoms with Crippen molar-refractivity contribution in [2.24, 2.45) is 11.1 Å². The minimum atomic E-state index is -3.77. The van der Waals surface area contributed by atoms with Gasteiger partial charge in [-0.25, -0.2) is 13.6 Å². The van der Waals surface area contributed by atoms with Crippen molar-refractivity contribution in [2.75, 3.05) is 5.32 Å². The summed E-state index contributed by atoms with van der Waals surface area (Å²) in [7, 11) is -3.77. The number of benzene rings is 1. The number of carbonyl (C=O) groups excluding carboxylic acids is 1. The average Bonchev–Trinajstić information content (AvgIpc) is 2.47. The predicted octanol–water partition coefficient (Wildman–Crippen LogP) is 2.94. The Labute approximate surface area is 132 Å². The summed E-state index contributed by atoms with van der Waals surface area (Å²) < 4.78 is 23.0. The molecule has 1 aromatic carbocycles. The zero-order chi connectivity index (χ0) is 16.2. The first kappa shape index (κ1) is 17.0. The van der Waals surface area contributed by atoms with E-state index in [-0.39, 0.29) is 10.8 Å². The Morgan fingerprint density at radius 3 is 2.59 bits per heavy atom. The molecule has 122 valence electrons. The van der Waals surface area contributed by atoms with Crippen LogP contribution in [0.15, 0.2) is 23.1 Å². The fourth-order valence-electron chi connectivity index (χ4n) is 3.02. The lowest BCUT2D eigenvalue weighted by Gasteiger charge is -2.21. The quantitative estimate of drug-likeness (QED) is 0.872. The highest BCUT2D eigenvalue weighted by atomic mass is 32.2. The van der Waals surface area contributed by atoms with Crippen LogP contribution >= 0.6 is 0 Å². The van der Waals surface area contributed by atoms with E-state index in [9.17, 15) is 13.2 Å². The van der Waals surface area contributed by atoms with Crippen molar-refractivity contribution in [3.8, 4) is 0 Å². The van der Waals surface area contributed by atoms with E-state index < -0.39 is 10.0 Å². The van der Waals surface area contributed by atoms with Crippen LogP contribution in [-0.4, -0.2) is 14.3 Å². The largest absolute Gasteiger partial charge is 0.326 e. The molecule has 1 amide bonds. The lowest BCUT2D eigenvalue weighted by atomic mass is 9.86. The molecule has 0 aromatic heterocycles. The number of aryl methyl sites for hydroxylation is 1. The fraction of sp³-hybridized carbons (Fsp3) is 0.562. The van der Waals surface area contributed by atoms with Crippen molar-refractivity contribution in [3.63, 3.8) is 0 Å². The number of carbonyl (C=O) groups is 1. The van der Waals surface area contributed by atoms with Gasteiger partial charge in [-0.2, -0.15) is 0 Å². The molecule has 1 aliphatic carbocycles. The Kier molecular flexibility index (Phi) is 5.58. The van der Waals surface area contributed by atoms with E-state index in [0.29, 0.717) is 23.6 Å². The number of nitrogens with two attached hydrogens (primary N) is 1. The van der Waals surface area contributed by atoms with Crippen molar-refractivity contribution in [1.29, 1.82) is 0 Å². The van der Waals surface area contributed by atoms with Crippen LogP contribution in [0.5, 0.6) is 0 Å². The van der Waals surface area contributed by atoms with E-state index in [1.165, 1.54) is 38.2 Å². The highest BCUT2D eigenvalue weighted by Gasteiger charge is 2.16. The molecule has 6 heteroatoms. The molecule has 0 unspecified atom stereocenters. The molecule has 0 saturated heterocycles. The number of anilines is 1. The Morgan fingerprint density at radius 2 is 1.95 bits per heavy atom. The molecule has 0 aliphatic heterocycles. The van der Waals surface area contributed by atoms with Crippen LogP contribution in [0, 0.1) is 12.8 Å². The number of rotatable bonds is 5. The molecule has 1 saturated carbocycles. The molecule has 2 rings (SSSR count). The molecule has 1 aromatic rings. The van der Waals surface area contributed by atoms with Crippen molar-refractivity contribution >= 4 is 21.6 Å². The summed E-state index contributed by atoms with van der Waals surface area (Å²) in [5.41, 5.74) is 1.05. The summed E-state index contributed by atoms with van der Waals surface area (Å²) >= 11 is 0. The number of hydrogen-bond donors (Lipinski definition) is 2. The number of amides is 1. The lowest BCUT2D eigenvalue weighted by Crippen LogP contribution is -2.17. The predicted molar refractivity (Wildman–Crippen MR) is 87.0 cm³/mol. The zero-order valence-electron chi connectivity index (χ0n) is 13.0. The third kappa shape index (κ3) is 4.81. The third-order valence-electron chi connectivity index (χ3n) is 4.28. The second kappa shape index (κ2) is 7.24. The van der Waals surface area contributed by atoms with Gasteiger partial charge in [0.1, 0.15) is 0 Å². The van der Waals surface area contributed by atoms with Crippen LogP contribution in [0.3, 0.4) is 0 Å². The molecule has 22 heavy (non-hydrogen) atoms. The highest BCUT2D eigenvalue weighted by Crippen LogP contribution is 2.27. The molecular formula is C16H24N2O3S. The molecule has 0 spiro atoms. The van der Waals surface area contributed by atoms with Crippen LogP contribution in [0.2, 0.25) is 0 Å². The Balaban J connectivity index is 1.94. The van der Waals surface area contributed by atoms with Crippen LogP contribution in [0.4, 0.5) is 5.69 Å². The van der Waals surface area contributed by atoms with Crippen LogP contribution in [-0.2, 0) is 14.8 Å². The molecule has 1 fully saturated rings. The van der Waals surface area contributed by atoms with Crippen LogP contribution in [0.25, 0.3) is 0 Å². The summed E-state index contributed by atoms with van der Waals surface area (Å²) in [6.45, 7) is 1.68. The molecule has 1 aliphatic rings. The van der Waals surface area contributed by atoms with Gasteiger partial charge < -0.3 is 5.32 Å². The molecule has 3 N–H and O–H groups in total. The number of hydrogen-bond acceptors (Lipinski definition) is 3. The molecule has 0 radical (unpaired) electrons. The second-order valence-electron chi connectivity index (χ2n) is 6.12. The van der Waals surface area contributed by atoms with Crippen molar-refractivity contribution in [2.45, 2.75) is 56.8 Å². The second-order valence-corrected chi connectivity index (χ2v) is 7.65. The third-order valence-corrected chi connectivity index (χ3v) is 5.34. The van der Waals surface area contributed by atoms with Gasteiger partial charge in [-0.05, 0) is 37.0 Å². The Bertz CT molecular complexity index is 635. The fourth-order valence-corrected chi connectivity index (χ4v) is 3.83. The normalized spacial score (nSPS) is 16.5. The first-order chi connectivity index (χ1) is 10.4. The summed E-state index contributed by atoms with van der Waals surface area (Å²) in [6, 6.07) is 4.77. The molecule has 0 bridgehead atoms. The topological polar surface area (TPSA) is 89.3 Å². The van der Waals surface area contributed by atoms with E-state index in [1.807, 2.05) is 0 Å². The van der Waals surface area contributed by atoms with Gasteiger partial charge in [0, 0.05) is 12.1 Å². The van der Waals surface area contributed by atoms with E-state index in [4.69, 9.17) is 5.14 Å². The SMILES string of the molecule is Cc1ccc(NC(=O)CCC2CCCCC2)cc1S(N)(=O)=O. The van der Waals surface area contributed by atoms with Gasteiger partial charge in [0.05, 0.1) is 4.90 Å².